The quantitative estimate of drug-likeness (QED) is 0.628. The monoisotopic (exact) mass is 222 g/mol. The first-order chi connectivity index (χ1) is 6.88. The average Bonchev–Trinajstić information content (AvgIpc) is 2.05. The van der Waals surface area contributed by atoms with Crippen LogP contribution < -0.4 is 10.2 Å². The third-order valence-corrected chi connectivity index (χ3v) is 1.32. The van der Waals surface area contributed by atoms with E-state index in [0.717, 1.165) is 12.1 Å². The Hall–Kier alpha value is -1.99. The number of hydrogen-bond acceptors (Lipinski definition) is 3. The molecule has 8 heteroatoms. The summed E-state index contributed by atoms with van der Waals surface area (Å²) in [5.74, 6) is -0.651. The topological polar surface area (TPSA) is 64.4 Å². The smallest absolute Gasteiger partial charge is 0.403 e. The van der Waals surface area contributed by atoms with Crippen molar-refractivity contribution >= 4 is 5.69 Å². The maximum absolute atomic E-state index is 11.8. The van der Waals surface area contributed by atoms with E-state index in [1.165, 1.54) is 12.1 Å². The number of anilines is 1. The molecule has 0 aliphatic heterocycles. The zero-order chi connectivity index (χ0) is 11.5. The summed E-state index contributed by atoms with van der Waals surface area (Å²) >= 11 is 0. The molecule has 5 nitrogen and oxygen atoms in total. The van der Waals surface area contributed by atoms with E-state index < -0.39 is 17.1 Å². The molecule has 0 aromatic heterocycles. The van der Waals surface area contributed by atoms with Crippen molar-refractivity contribution in [2.24, 2.45) is 0 Å². The van der Waals surface area contributed by atoms with Gasteiger partial charge in [0, 0.05) is 0 Å². The summed E-state index contributed by atoms with van der Waals surface area (Å²) in [6.07, 6.45) is -4.88. The minimum absolute atomic E-state index is 0.361. The molecule has 0 saturated heterocycles. The van der Waals surface area contributed by atoms with Crippen molar-refractivity contribution < 1.29 is 22.9 Å². The summed E-state index contributed by atoms with van der Waals surface area (Å²) in [6.45, 7) is 0. The molecule has 0 radical (unpaired) electrons. The van der Waals surface area contributed by atoms with E-state index in [1.807, 2.05) is 0 Å². The first-order valence-corrected chi connectivity index (χ1v) is 3.64. The van der Waals surface area contributed by atoms with Gasteiger partial charge in [-0.3, -0.25) is 0 Å². The third kappa shape index (κ3) is 3.71. The Balaban J connectivity index is 2.91. The Bertz CT molecular complexity index is 367. The number of hydrazine groups is 1. The maximum atomic E-state index is 11.8. The Morgan fingerprint density at radius 1 is 1.33 bits per heavy atom. The summed E-state index contributed by atoms with van der Waals surface area (Å²) in [6, 6.07) is 4.68. The molecule has 0 atom stereocenters. The molecule has 0 spiro atoms. The SMILES string of the molecule is O=[N+]([O-])Nc1ccccc1OC(F)(F)F. The standard InChI is InChI=1S/C7H5F3N2O3/c8-7(9,10)15-6-4-2-1-3-5(6)11-12(13)14/h1-4,11H. The van der Waals surface area contributed by atoms with Gasteiger partial charge in [0.15, 0.2) is 10.8 Å². The highest BCUT2D eigenvalue weighted by Gasteiger charge is 2.32. The number of halogens is 3. The van der Waals surface area contributed by atoms with E-state index in [2.05, 4.69) is 4.74 Å². The van der Waals surface area contributed by atoms with Crippen molar-refractivity contribution in [1.29, 1.82) is 0 Å². The summed E-state index contributed by atoms with van der Waals surface area (Å²) in [5, 5.41) is 9.07. The predicted octanol–water partition coefficient (Wildman–Crippen LogP) is 2.19. The van der Waals surface area contributed by atoms with Gasteiger partial charge < -0.3 is 4.74 Å². The molecule has 0 amide bonds. The lowest BCUT2D eigenvalue weighted by atomic mass is 10.3. The lowest BCUT2D eigenvalue weighted by molar-refractivity contribution is -0.445. The van der Waals surface area contributed by atoms with Crippen molar-refractivity contribution in [2.75, 3.05) is 5.43 Å². The number of benzene rings is 1. The van der Waals surface area contributed by atoms with Crippen LogP contribution >= 0.6 is 0 Å². The molecule has 0 saturated carbocycles. The molecule has 1 N–H and O–H groups in total. The van der Waals surface area contributed by atoms with E-state index >= 15 is 0 Å². The summed E-state index contributed by atoms with van der Waals surface area (Å²) in [5.41, 5.74) is 1.23. The van der Waals surface area contributed by atoms with Crippen LogP contribution in [0.3, 0.4) is 0 Å². The number of hydrogen-bond donors (Lipinski definition) is 1. The molecule has 1 aromatic carbocycles. The fourth-order valence-corrected chi connectivity index (χ4v) is 0.871. The van der Waals surface area contributed by atoms with Crippen molar-refractivity contribution in [2.45, 2.75) is 6.36 Å². The first kappa shape index (κ1) is 11.1. The normalized spacial score (nSPS) is 10.9. The predicted molar refractivity (Wildman–Crippen MR) is 43.7 cm³/mol. The molecule has 82 valence electrons. The number of rotatable bonds is 3. The summed E-state index contributed by atoms with van der Waals surface area (Å²) in [4.78, 5) is 10.0. The molecular weight excluding hydrogens is 217 g/mol. The van der Waals surface area contributed by atoms with E-state index in [-0.39, 0.29) is 5.69 Å². The van der Waals surface area contributed by atoms with Gasteiger partial charge in [-0.25, -0.2) is 10.1 Å². The zero-order valence-corrected chi connectivity index (χ0v) is 7.12. The highest BCUT2D eigenvalue weighted by molar-refractivity contribution is 5.54. The molecular formula is C7H5F3N2O3. The van der Waals surface area contributed by atoms with Gasteiger partial charge >= 0.3 is 6.36 Å². The van der Waals surface area contributed by atoms with Gasteiger partial charge in [0.1, 0.15) is 5.69 Å². The molecule has 0 heterocycles. The van der Waals surface area contributed by atoms with Crippen LogP contribution in [0, 0.1) is 10.1 Å². The number of nitrogens with zero attached hydrogens (tertiary/aromatic N) is 1. The Kier molecular flexibility index (Phi) is 2.98. The average molecular weight is 222 g/mol. The van der Waals surface area contributed by atoms with Crippen LogP contribution in [0.25, 0.3) is 0 Å². The number of alkyl halides is 3. The van der Waals surface area contributed by atoms with Gasteiger partial charge in [0.2, 0.25) is 0 Å². The van der Waals surface area contributed by atoms with Crippen LogP contribution in [0.4, 0.5) is 18.9 Å². The Morgan fingerprint density at radius 3 is 2.47 bits per heavy atom. The van der Waals surface area contributed by atoms with E-state index in [1.54, 1.807) is 5.43 Å². The number of para-hydroxylation sites is 2. The summed E-state index contributed by atoms with van der Waals surface area (Å²) in [7, 11) is 0. The van der Waals surface area contributed by atoms with Crippen LogP contribution in [0.5, 0.6) is 5.75 Å². The van der Waals surface area contributed by atoms with Crippen molar-refractivity contribution in [1.82, 2.24) is 0 Å². The van der Waals surface area contributed by atoms with Crippen molar-refractivity contribution in [3.05, 3.63) is 34.4 Å². The number of nitro groups is 1. The highest BCUT2D eigenvalue weighted by Crippen LogP contribution is 2.29. The van der Waals surface area contributed by atoms with Gasteiger partial charge in [-0.1, -0.05) is 12.1 Å². The minimum Gasteiger partial charge on any atom is -0.403 e. The van der Waals surface area contributed by atoms with Crippen LogP contribution in [0.2, 0.25) is 0 Å². The minimum atomic E-state index is -4.88. The second kappa shape index (κ2) is 4.03. The van der Waals surface area contributed by atoms with Gasteiger partial charge in [0.25, 0.3) is 0 Å². The van der Waals surface area contributed by atoms with Gasteiger partial charge in [-0.15, -0.1) is 18.6 Å². The number of nitrogens with one attached hydrogen (secondary N) is 1. The van der Waals surface area contributed by atoms with E-state index in [9.17, 15) is 23.3 Å². The fraction of sp³-hybridized carbons (Fsp3) is 0.143. The van der Waals surface area contributed by atoms with Crippen LogP contribution in [-0.2, 0) is 0 Å². The second-order valence-corrected chi connectivity index (χ2v) is 2.41. The highest BCUT2D eigenvalue weighted by atomic mass is 19.4. The first-order valence-electron chi connectivity index (χ1n) is 3.64. The van der Waals surface area contributed by atoms with Gasteiger partial charge in [-0.2, -0.15) is 0 Å². The second-order valence-electron chi connectivity index (χ2n) is 2.41. The van der Waals surface area contributed by atoms with Crippen LogP contribution in [0.15, 0.2) is 24.3 Å². The molecule has 15 heavy (non-hydrogen) atoms. The molecule has 1 aromatic rings. The molecule has 0 aliphatic rings. The van der Waals surface area contributed by atoms with E-state index in [4.69, 9.17) is 0 Å². The lowest BCUT2D eigenvalue weighted by Crippen LogP contribution is -2.19. The lowest BCUT2D eigenvalue weighted by Gasteiger charge is -2.10. The van der Waals surface area contributed by atoms with Crippen LogP contribution in [-0.4, -0.2) is 11.4 Å². The van der Waals surface area contributed by atoms with Crippen molar-refractivity contribution in [3.63, 3.8) is 0 Å². The van der Waals surface area contributed by atoms with Gasteiger partial charge in [0.05, 0.1) is 0 Å². The molecule has 0 aliphatic carbocycles. The Labute approximate surface area is 81.6 Å². The fourth-order valence-electron chi connectivity index (χ4n) is 0.871. The maximum Gasteiger partial charge on any atom is 0.573 e. The summed E-state index contributed by atoms with van der Waals surface area (Å²) < 4.78 is 39.1. The molecule has 0 unspecified atom stereocenters. The largest absolute Gasteiger partial charge is 0.573 e. The van der Waals surface area contributed by atoms with E-state index in [0.29, 0.717) is 0 Å². The van der Waals surface area contributed by atoms with Crippen LogP contribution in [0.1, 0.15) is 0 Å². The molecule has 0 bridgehead atoms. The zero-order valence-electron chi connectivity index (χ0n) is 7.12. The molecule has 0 fully saturated rings. The molecule has 1 rings (SSSR count). The van der Waals surface area contributed by atoms with Crippen molar-refractivity contribution in [3.8, 4) is 5.75 Å². The Morgan fingerprint density at radius 2 is 1.93 bits per heavy atom. The van der Waals surface area contributed by atoms with Gasteiger partial charge in [-0.05, 0) is 12.1 Å². The number of ether oxygens (including phenoxy) is 1. The third-order valence-electron chi connectivity index (χ3n) is 1.32.